The summed E-state index contributed by atoms with van der Waals surface area (Å²) in [6.07, 6.45) is -4.14. The van der Waals surface area contributed by atoms with Crippen LogP contribution in [0.25, 0.3) is 0 Å². The van der Waals surface area contributed by atoms with Crippen molar-refractivity contribution in [3.05, 3.63) is 51.4 Å². The first-order valence-corrected chi connectivity index (χ1v) is 7.78. The Labute approximate surface area is 150 Å². The van der Waals surface area contributed by atoms with Crippen LogP contribution in [0.2, 0.25) is 5.02 Å². The van der Waals surface area contributed by atoms with Gasteiger partial charge in [0.25, 0.3) is 5.56 Å². The van der Waals surface area contributed by atoms with Crippen LogP contribution in [0, 0.1) is 0 Å². The first-order valence-electron chi connectivity index (χ1n) is 7.41. The van der Waals surface area contributed by atoms with Crippen LogP contribution in [0.1, 0.15) is 5.56 Å². The van der Waals surface area contributed by atoms with Gasteiger partial charge in [0.15, 0.2) is 11.5 Å². The predicted molar refractivity (Wildman–Crippen MR) is 86.8 cm³/mol. The van der Waals surface area contributed by atoms with Gasteiger partial charge in [-0.25, -0.2) is 0 Å². The molecule has 0 bridgehead atoms. The molecule has 0 spiro atoms. The molecule has 1 amide bonds. The van der Waals surface area contributed by atoms with Gasteiger partial charge in [-0.3, -0.25) is 9.59 Å². The third-order valence-electron chi connectivity index (χ3n) is 3.51. The van der Waals surface area contributed by atoms with Crippen LogP contribution in [0.15, 0.2) is 35.3 Å². The number of nitrogens with zero attached hydrogens (tertiary/aromatic N) is 1. The number of aromatic nitrogens is 1. The summed E-state index contributed by atoms with van der Waals surface area (Å²) in [5, 5.41) is 1.87. The number of fused-ring (bicyclic) bond motifs is 1. The van der Waals surface area contributed by atoms with Gasteiger partial charge in [0, 0.05) is 18.0 Å². The average Bonchev–Trinajstić information content (AvgIpc) is 2.57. The maximum absolute atomic E-state index is 12.8. The lowest BCUT2D eigenvalue weighted by molar-refractivity contribution is -0.138. The molecule has 0 radical (unpaired) electrons. The van der Waals surface area contributed by atoms with E-state index in [-0.39, 0.29) is 0 Å². The highest BCUT2D eigenvalue weighted by Gasteiger charge is 2.32. The first-order chi connectivity index (χ1) is 12.2. The third-order valence-corrected chi connectivity index (χ3v) is 3.78. The van der Waals surface area contributed by atoms with Gasteiger partial charge in [-0.15, -0.1) is 0 Å². The minimum absolute atomic E-state index is 0.352. The van der Waals surface area contributed by atoms with Gasteiger partial charge in [0.1, 0.15) is 24.8 Å². The van der Waals surface area contributed by atoms with Gasteiger partial charge < -0.3 is 19.4 Å². The average molecular weight is 389 g/mol. The maximum Gasteiger partial charge on any atom is 0.417 e. The number of ether oxygens (including phenoxy) is 2. The van der Waals surface area contributed by atoms with E-state index in [2.05, 4.69) is 5.32 Å². The Kier molecular flexibility index (Phi) is 4.82. The van der Waals surface area contributed by atoms with Crippen molar-refractivity contribution in [2.45, 2.75) is 12.7 Å². The zero-order valence-corrected chi connectivity index (χ0v) is 13.9. The monoisotopic (exact) mass is 388 g/mol. The molecule has 0 unspecified atom stereocenters. The molecule has 0 atom stereocenters. The summed E-state index contributed by atoms with van der Waals surface area (Å²) < 4.78 is 49.8. The number of nitrogens with one attached hydrogen (secondary N) is 1. The highest BCUT2D eigenvalue weighted by Crippen LogP contribution is 2.32. The Morgan fingerprint density at radius 1 is 1.19 bits per heavy atom. The Morgan fingerprint density at radius 3 is 2.58 bits per heavy atom. The van der Waals surface area contributed by atoms with Crippen LogP contribution in [0.4, 0.5) is 18.9 Å². The number of halogens is 4. The lowest BCUT2D eigenvalue weighted by atomic mass is 10.2. The van der Waals surface area contributed by atoms with Crippen molar-refractivity contribution >= 4 is 23.2 Å². The largest absolute Gasteiger partial charge is 0.486 e. The quantitative estimate of drug-likeness (QED) is 0.877. The summed E-state index contributed by atoms with van der Waals surface area (Å²) in [5.74, 6) is 0.266. The summed E-state index contributed by atoms with van der Waals surface area (Å²) >= 11 is 5.55. The summed E-state index contributed by atoms with van der Waals surface area (Å²) in [6, 6.07) is 5.19. The predicted octanol–water partition coefficient (Wildman–Crippen LogP) is 2.93. The van der Waals surface area contributed by atoms with Crippen molar-refractivity contribution in [1.82, 2.24) is 4.57 Å². The number of benzene rings is 1. The van der Waals surface area contributed by atoms with Crippen LogP contribution < -0.4 is 20.3 Å². The molecule has 26 heavy (non-hydrogen) atoms. The van der Waals surface area contributed by atoms with E-state index in [1.54, 1.807) is 12.1 Å². The maximum atomic E-state index is 12.8. The van der Waals surface area contributed by atoms with Gasteiger partial charge in [0.2, 0.25) is 5.91 Å². The minimum Gasteiger partial charge on any atom is -0.486 e. The molecule has 1 aromatic carbocycles. The molecule has 138 valence electrons. The van der Waals surface area contributed by atoms with Crippen molar-refractivity contribution in [3.8, 4) is 11.5 Å². The van der Waals surface area contributed by atoms with Crippen LogP contribution in [-0.4, -0.2) is 23.7 Å². The fraction of sp³-hybridized carbons (Fsp3) is 0.250. The molecule has 10 heteroatoms. The molecule has 1 N–H and O–H groups in total. The van der Waals surface area contributed by atoms with Crippen molar-refractivity contribution in [1.29, 1.82) is 0 Å². The molecule has 0 saturated heterocycles. The van der Waals surface area contributed by atoms with Gasteiger partial charge in [-0.2, -0.15) is 13.2 Å². The third kappa shape index (κ3) is 3.93. The standard InChI is InChI=1S/C16H12ClF3N2O4/c17-11-5-9(16(18,19)20)7-22(15(11)24)8-14(23)21-10-1-2-12-13(6-10)26-4-3-25-12/h1-2,5-7H,3-4,8H2,(H,21,23). The molecule has 2 aromatic rings. The van der Waals surface area contributed by atoms with E-state index in [0.29, 0.717) is 47.2 Å². The molecule has 6 nitrogen and oxygen atoms in total. The van der Waals surface area contributed by atoms with Gasteiger partial charge >= 0.3 is 6.18 Å². The van der Waals surface area contributed by atoms with Crippen molar-refractivity contribution < 1.29 is 27.4 Å². The normalized spacial score (nSPS) is 13.4. The van der Waals surface area contributed by atoms with E-state index < -0.39 is 34.8 Å². The fourth-order valence-electron chi connectivity index (χ4n) is 2.35. The van der Waals surface area contributed by atoms with E-state index in [9.17, 15) is 22.8 Å². The van der Waals surface area contributed by atoms with E-state index in [4.69, 9.17) is 21.1 Å². The van der Waals surface area contributed by atoms with Gasteiger partial charge in [-0.1, -0.05) is 11.6 Å². The van der Waals surface area contributed by atoms with Crippen molar-refractivity contribution in [2.75, 3.05) is 18.5 Å². The summed E-state index contributed by atoms with van der Waals surface area (Å²) in [5.41, 5.74) is -1.66. The number of pyridine rings is 1. The summed E-state index contributed by atoms with van der Waals surface area (Å²) in [7, 11) is 0. The SMILES string of the molecule is O=C(Cn1cc(C(F)(F)F)cc(Cl)c1=O)Nc1ccc2c(c1)OCCO2. The van der Waals surface area contributed by atoms with E-state index in [1.165, 1.54) is 6.07 Å². The molecule has 0 saturated carbocycles. The molecular formula is C16H12ClF3N2O4. The molecule has 2 heterocycles. The lowest BCUT2D eigenvalue weighted by Gasteiger charge is -2.19. The second kappa shape index (κ2) is 6.91. The molecule has 1 aliphatic rings. The van der Waals surface area contributed by atoms with Gasteiger partial charge in [-0.05, 0) is 18.2 Å². The number of carbonyl (C=O) groups is 1. The topological polar surface area (TPSA) is 69.6 Å². The lowest BCUT2D eigenvalue weighted by Crippen LogP contribution is -2.29. The number of carbonyl (C=O) groups excluding carboxylic acids is 1. The second-order valence-corrected chi connectivity index (χ2v) is 5.82. The molecule has 1 aromatic heterocycles. The fourth-order valence-corrected chi connectivity index (χ4v) is 2.57. The number of rotatable bonds is 3. The Bertz CT molecular complexity index is 911. The first kappa shape index (κ1) is 18.1. The number of hydrogen-bond acceptors (Lipinski definition) is 4. The van der Waals surface area contributed by atoms with Crippen LogP contribution >= 0.6 is 11.6 Å². The van der Waals surface area contributed by atoms with E-state index in [1.807, 2.05) is 0 Å². The van der Waals surface area contributed by atoms with E-state index in [0.717, 1.165) is 0 Å². The minimum atomic E-state index is -4.69. The number of alkyl halides is 3. The van der Waals surface area contributed by atoms with Crippen LogP contribution in [0.3, 0.4) is 0 Å². The van der Waals surface area contributed by atoms with Crippen LogP contribution in [-0.2, 0) is 17.5 Å². The summed E-state index contributed by atoms with van der Waals surface area (Å²) in [6.45, 7) is 0.150. The van der Waals surface area contributed by atoms with Crippen molar-refractivity contribution in [3.63, 3.8) is 0 Å². The Morgan fingerprint density at radius 2 is 1.88 bits per heavy atom. The zero-order valence-electron chi connectivity index (χ0n) is 13.1. The smallest absolute Gasteiger partial charge is 0.417 e. The number of amides is 1. The summed E-state index contributed by atoms with van der Waals surface area (Å²) in [4.78, 5) is 24.0. The molecule has 1 aliphatic heterocycles. The van der Waals surface area contributed by atoms with Crippen molar-refractivity contribution in [2.24, 2.45) is 0 Å². The van der Waals surface area contributed by atoms with Crippen LogP contribution in [0.5, 0.6) is 11.5 Å². The molecular weight excluding hydrogens is 377 g/mol. The number of hydrogen-bond donors (Lipinski definition) is 1. The second-order valence-electron chi connectivity index (χ2n) is 5.41. The van der Waals surface area contributed by atoms with Gasteiger partial charge in [0.05, 0.1) is 5.56 Å². The number of anilines is 1. The molecule has 0 fully saturated rings. The van der Waals surface area contributed by atoms with E-state index >= 15 is 0 Å². The molecule has 3 rings (SSSR count). The molecule has 0 aliphatic carbocycles. The zero-order chi connectivity index (χ0) is 18.9. The Hall–Kier alpha value is -2.68. The highest BCUT2D eigenvalue weighted by molar-refractivity contribution is 6.30. The highest BCUT2D eigenvalue weighted by atomic mass is 35.5. The Balaban J connectivity index is 1.78.